The normalized spacial score (nSPS) is 17.8. The summed E-state index contributed by atoms with van der Waals surface area (Å²) in [6.07, 6.45) is 4.11. The van der Waals surface area contributed by atoms with E-state index in [1.54, 1.807) is 0 Å². The van der Waals surface area contributed by atoms with E-state index in [4.69, 9.17) is 4.42 Å². The molecule has 2 aliphatic heterocycles. The number of para-hydroxylation sites is 1. The summed E-state index contributed by atoms with van der Waals surface area (Å²) >= 11 is 1.84. The van der Waals surface area contributed by atoms with Crippen LogP contribution in [0, 0.1) is 6.92 Å². The van der Waals surface area contributed by atoms with Gasteiger partial charge in [-0.1, -0.05) is 37.2 Å². The average molecular weight is 298 g/mol. The average Bonchev–Trinajstić information content (AvgIpc) is 3.14. The van der Waals surface area contributed by atoms with Crippen molar-refractivity contribution in [2.45, 2.75) is 26.7 Å². The first-order valence-electron chi connectivity index (χ1n) is 7.49. The van der Waals surface area contributed by atoms with Crippen LogP contribution in [0.3, 0.4) is 0 Å². The summed E-state index contributed by atoms with van der Waals surface area (Å²) in [7, 11) is 0. The molecule has 2 aromatic rings. The van der Waals surface area contributed by atoms with Gasteiger partial charge in [-0.3, -0.25) is 4.99 Å². The Bertz CT molecular complexity index is 772. The van der Waals surface area contributed by atoms with Crippen LogP contribution in [0.25, 0.3) is 16.7 Å². The van der Waals surface area contributed by atoms with Gasteiger partial charge in [0.2, 0.25) is 0 Å². The first kappa shape index (κ1) is 13.0. The van der Waals surface area contributed by atoms with Crippen LogP contribution in [0.5, 0.6) is 0 Å². The van der Waals surface area contributed by atoms with Gasteiger partial charge in [0, 0.05) is 22.4 Å². The molecule has 3 nitrogen and oxygen atoms in total. The first-order valence-corrected chi connectivity index (χ1v) is 8.31. The molecule has 0 bridgehead atoms. The number of amidine groups is 1. The third-order valence-corrected chi connectivity index (χ3v) is 5.25. The third kappa shape index (κ3) is 1.93. The Labute approximate surface area is 128 Å². The lowest BCUT2D eigenvalue weighted by molar-refractivity contribution is 0.605. The molecule has 0 amide bonds. The van der Waals surface area contributed by atoms with Crippen molar-refractivity contribution in [3.63, 3.8) is 0 Å². The molecule has 0 spiro atoms. The van der Waals surface area contributed by atoms with Crippen molar-refractivity contribution < 1.29 is 4.42 Å². The zero-order valence-corrected chi connectivity index (χ0v) is 13.2. The zero-order valence-electron chi connectivity index (χ0n) is 12.3. The summed E-state index contributed by atoms with van der Waals surface area (Å²) in [5.74, 6) is 0. The molecule has 4 rings (SSSR count). The van der Waals surface area contributed by atoms with Crippen molar-refractivity contribution in [3.8, 4) is 0 Å². The number of thioether (sulfide) groups is 1. The SMILES string of the molecule is CCCC1=C(c2cccc3c(C)coc23)N2CCN=C2S1. The predicted octanol–water partition coefficient (Wildman–Crippen LogP) is 4.63. The van der Waals surface area contributed by atoms with Crippen LogP contribution < -0.4 is 0 Å². The molecule has 0 N–H and O–H groups in total. The molecule has 0 aliphatic carbocycles. The third-order valence-electron chi connectivity index (χ3n) is 4.08. The molecule has 21 heavy (non-hydrogen) atoms. The zero-order chi connectivity index (χ0) is 14.4. The van der Waals surface area contributed by atoms with Gasteiger partial charge in [0.1, 0.15) is 5.58 Å². The summed E-state index contributed by atoms with van der Waals surface area (Å²) < 4.78 is 5.86. The van der Waals surface area contributed by atoms with Crippen LogP contribution in [-0.4, -0.2) is 23.2 Å². The van der Waals surface area contributed by atoms with Crippen molar-refractivity contribution >= 4 is 33.6 Å². The fourth-order valence-corrected chi connectivity index (χ4v) is 4.39. The molecule has 0 radical (unpaired) electrons. The van der Waals surface area contributed by atoms with E-state index in [0.29, 0.717) is 0 Å². The van der Waals surface area contributed by atoms with Gasteiger partial charge in [-0.15, -0.1) is 0 Å². The molecule has 0 saturated carbocycles. The molecule has 0 atom stereocenters. The quantitative estimate of drug-likeness (QED) is 0.827. The number of aliphatic imine (C=N–C) groups is 1. The summed E-state index contributed by atoms with van der Waals surface area (Å²) in [5.41, 5.74) is 4.74. The summed E-state index contributed by atoms with van der Waals surface area (Å²) in [5, 5.41) is 2.37. The molecule has 4 heteroatoms. The largest absolute Gasteiger partial charge is 0.463 e. The minimum atomic E-state index is 0.901. The van der Waals surface area contributed by atoms with Gasteiger partial charge in [-0.05, 0) is 25.0 Å². The van der Waals surface area contributed by atoms with E-state index in [1.807, 2.05) is 18.0 Å². The van der Waals surface area contributed by atoms with Crippen molar-refractivity contribution in [1.29, 1.82) is 0 Å². The topological polar surface area (TPSA) is 28.7 Å². The molecule has 0 fully saturated rings. The van der Waals surface area contributed by atoms with Gasteiger partial charge < -0.3 is 9.32 Å². The highest BCUT2D eigenvalue weighted by Gasteiger charge is 2.33. The van der Waals surface area contributed by atoms with Crippen LogP contribution >= 0.6 is 11.8 Å². The van der Waals surface area contributed by atoms with Gasteiger partial charge >= 0.3 is 0 Å². The van der Waals surface area contributed by atoms with Crippen LogP contribution in [-0.2, 0) is 0 Å². The minimum absolute atomic E-state index is 0.901. The maximum absolute atomic E-state index is 5.86. The highest BCUT2D eigenvalue weighted by molar-refractivity contribution is 8.17. The number of benzene rings is 1. The van der Waals surface area contributed by atoms with Crippen molar-refractivity contribution in [3.05, 3.63) is 40.5 Å². The Kier molecular flexibility index (Phi) is 3.07. The number of furan rings is 1. The summed E-state index contributed by atoms with van der Waals surface area (Å²) in [6, 6.07) is 6.45. The van der Waals surface area contributed by atoms with E-state index >= 15 is 0 Å². The number of hydrogen-bond donors (Lipinski definition) is 0. The van der Waals surface area contributed by atoms with E-state index in [9.17, 15) is 0 Å². The van der Waals surface area contributed by atoms with Crippen LogP contribution in [0.2, 0.25) is 0 Å². The van der Waals surface area contributed by atoms with E-state index in [-0.39, 0.29) is 0 Å². The number of nitrogens with zero attached hydrogens (tertiary/aromatic N) is 2. The number of hydrogen-bond acceptors (Lipinski definition) is 4. The van der Waals surface area contributed by atoms with Gasteiger partial charge in [0.05, 0.1) is 18.5 Å². The second-order valence-electron chi connectivity index (χ2n) is 5.54. The van der Waals surface area contributed by atoms with Crippen molar-refractivity contribution in [2.75, 3.05) is 13.1 Å². The van der Waals surface area contributed by atoms with E-state index in [0.717, 1.165) is 36.7 Å². The van der Waals surface area contributed by atoms with Crippen LogP contribution in [0.1, 0.15) is 30.9 Å². The fraction of sp³-hybridized carbons (Fsp3) is 0.353. The van der Waals surface area contributed by atoms with Gasteiger partial charge in [0.25, 0.3) is 0 Å². The Morgan fingerprint density at radius 1 is 1.38 bits per heavy atom. The summed E-state index contributed by atoms with van der Waals surface area (Å²) in [4.78, 5) is 8.42. The van der Waals surface area contributed by atoms with Crippen molar-refractivity contribution in [2.24, 2.45) is 4.99 Å². The molecule has 3 heterocycles. The Morgan fingerprint density at radius 3 is 3.14 bits per heavy atom. The number of fused-ring (bicyclic) bond motifs is 2. The molecule has 0 unspecified atom stereocenters. The van der Waals surface area contributed by atoms with E-state index in [2.05, 4.69) is 41.9 Å². The number of aryl methyl sites for hydroxylation is 1. The van der Waals surface area contributed by atoms with Crippen LogP contribution in [0.4, 0.5) is 0 Å². The van der Waals surface area contributed by atoms with Gasteiger partial charge in [0.15, 0.2) is 5.17 Å². The Hall–Kier alpha value is -1.68. The molecule has 0 saturated heterocycles. The fourth-order valence-electron chi connectivity index (χ4n) is 3.09. The molecule has 1 aromatic carbocycles. The maximum atomic E-state index is 5.86. The highest BCUT2D eigenvalue weighted by Crippen LogP contribution is 2.45. The second kappa shape index (κ2) is 4.95. The first-order chi connectivity index (χ1) is 10.3. The lowest BCUT2D eigenvalue weighted by Gasteiger charge is -2.17. The van der Waals surface area contributed by atoms with Gasteiger partial charge in [-0.25, -0.2) is 0 Å². The summed E-state index contributed by atoms with van der Waals surface area (Å²) in [6.45, 7) is 6.22. The highest BCUT2D eigenvalue weighted by atomic mass is 32.2. The predicted molar refractivity (Wildman–Crippen MR) is 89.4 cm³/mol. The minimum Gasteiger partial charge on any atom is -0.463 e. The second-order valence-corrected chi connectivity index (χ2v) is 6.60. The molecular weight excluding hydrogens is 280 g/mol. The van der Waals surface area contributed by atoms with Crippen LogP contribution in [0.15, 0.2) is 38.8 Å². The van der Waals surface area contributed by atoms with Gasteiger partial charge in [-0.2, -0.15) is 0 Å². The lowest BCUT2D eigenvalue weighted by atomic mass is 10.0. The maximum Gasteiger partial charge on any atom is 0.168 e. The Morgan fingerprint density at radius 2 is 2.29 bits per heavy atom. The molecular formula is C17H18N2OS. The smallest absolute Gasteiger partial charge is 0.168 e. The lowest BCUT2D eigenvalue weighted by Crippen LogP contribution is -2.20. The van der Waals surface area contributed by atoms with E-state index < -0.39 is 0 Å². The standard InChI is InChI=1S/C17H18N2OS/c1-3-5-14-15(19-9-8-18-17(19)21-14)13-7-4-6-12-11(2)10-20-16(12)13/h4,6-7,10H,3,5,8-9H2,1-2H3. The molecule has 108 valence electrons. The number of allylic oxidation sites excluding steroid dienone is 1. The number of rotatable bonds is 3. The van der Waals surface area contributed by atoms with E-state index in [1.165, 1.54) is 27.1 Å². The Balaban J connectivity index is 1.92. The molecule has 2 aliphatic rings. The van der Waals surface area contributed by atoms with Crippen molar-refractivity contribution in [1.82, 2.24) is 4.90 Å². The molecule has 1 aromatic heterocycles. The monoisotopic (exact) mass is 298 g/mol.